The molecule has 0 rings (SSSR count). The van der Waals surface area contributed by atoms with Gasteiger partial charge in [0.1, 0.15) is 5.56 Å². The number of alkyl halides is 2. The number of hydrogen-bond donors (Lipinski definition) is 0. The molecule has 0 radical (unpaired) electrons. The van der Waals surface area contributed by atoms with Crippen LogP contribution in [0.2, 0.25) is 0 Å². The topological polar surface area (TPSA) is 9.23 Å². The second kappa shape index (κ2) is 4.54. The van der Waals surface area contributed by atoms with E-state index in [2.05, 4.69) is 13.8 Å². The maximum Gasteiger partial charge on any atom is 0.149 e. The average Bonchev–Trinajstić information content (AvgIpc) is 1.80. The second-order valence-electron chi connectivity index (χ2n) is 3.61. The summed E-state index contributed by atoms with van der Waals surface area (Å²) in [6, 6.07) is 0. The van der Waals surface area contributed by atoms with Gasteiger partial charge in [-0.15, -0.1) is 11.6 Å². The van der Waals surface area contributed by atoms with Gasteiger partial charge in [-0.3, -0.25) is 0 Å². The minimum Gasteiger partial charge on any atom is -0.360 e. The smallest absolute Gasteiger partial charge is 0.149 e. The predicted octanol–water partition coefficient (Wildman–Crippen LogP) is 3.24. The first-order valence-corrected chi connectivity index (χ1v) is 4.60. The van der Waals surface area contributed by atoms with E-state index in [0.29, 0.717) is 12.5 Å². The van der Waals surface area contributed by atoms with E-state index < -0.39 is 10.4 Å². The molecule has 0 aromatic rings. The molecule has 68 valence electrons. The highest BCUT2D eigenvalue weighted by atomic mass is 35.5. The van der Waals surface area contributed by atoms with E-state index in [4.69, 9.17) is 27.9 Å². The summed E-state index contributed by atoms with van der Waals surface area (Å²) in [4.78, 5) is -0.490. The van der Waals surface area contributed by atoms with Crippen molar-refractivity contribution in [2.24, 2.45) is 5.92 Å². The lowest BCUT2D eigenvalue weighted by atomic mass is 10.2. The van der Waals surface area contributed by atoms with E-state index in [-0.39, 0.29) is 0 Å². The number of hydrogen-bond acceptors (Lipinski definition) is 1. The van der Waals surface area contributed by atoms with Gasteiger partial charge in [0.15, 0.2) is 0 Å². The van der Waals surface area contributed by atoms with Crippen LogP contribution in [-0.4, -0.2) is 17.0 Å². The van der Waals surface area contributed by atoms with Crippen molar-refractivity contribution in [1.82, 2.24) is 0 Å². The molecule has 0 aliphatic rings. The van der Waals surface area contributed by atoms with E-state index in [1.165, 1.54) is 0 Å². The highest BCUT2D eigenvalue weighted by Gasteiger charge is 2.25. The van der Waals surface area contributed by atoms with Gasteiger partial charge in [0, 0.05) is 0 Å². The Balaban J connectivity index is 3.61. The van der Waals surface area contributed by atoms with Crippen molar-refractivity contribution in [3.63, 3.8) is 0 Å². The molecule has 0 bridgehead atoms. The third-order valence-electron chi connectivity index (χ3n) is 1.12. The van der Waals surface area contributed by atoms with E-state index in [1.54, 1.807) is 0 Å². The van der Waals surface area contributed by atoms with Crippen LogP contribution < -0.4 is 0 Å². The molecule has 1 atom stereocenters. The Morgan fingerprint density at radius 2 is 1.82 bits per heavy atom. The van der Waals surface area contributed by atoms with Crippen LogP contribution in [0.5, 0.6) is 0 Å². The van der Waals surface area contributed by atoms with Crippen LogP contribution in [0.3, 0.4) is 0 Å². The fraction of sp³-hybridized carbons (Fsp3) is 1.00. The fourth-order valence-corrected chi connectivity index (χ4v) is 0.611. The molecule has 0 saturated carbocycles. The van der Waals surface area contributed by atoms with Crippen LogP contribution in [0.4, 0.5) is 0 Å². The maximum atomic E-state index is 5.91. The number of rotatable bonds is 4. The van der Waals surface area contributed by atoms with Crippen LogP contribution in [-0.2, 0) is 4.74 Å². The lowest BCUT2D eigenvalue weighted by Gasteiger charge is -2.23. The van der Waals surface area contributed by atoms with Gasteiger partial charge in [0.05, 0.1) is 11.5 Å². The van der Waals surface area contributed by atoms with Gasteiger partial charge in [0.25, 0.3) is 0 Å². The Hall–Kier alpha value is 0.540. The van der Waals surface area contributed by atoms with Gasteiger partial charge in [-0.05, 0) is 19.8 Å². The van der Waals surface area contributed by atoms with Crippen LogP contribution in [0.25, 0.3) is 0 Å². The number of ether oxygens (including phenoxy) is 1. The number of halogens is 2. The summed E-state index contributed by atoms with van der Waals surface area (Å²) in [6.45, 7) is 8.49. The molecule has 0 fully saturated rings. The van der Waals surface area contributed by atoms with Crippen molar-refractivity contribution in [2.45, 2.75) is 38.1 Å². The van der Waals surface area contributed by atoms with Crippen LogP contribution >= 0.6 is 23.2 Å². The lowest BCUT2D eigenvalue weighted by molar-refractivity contribution is 0.0672. The standard InChI is InChI=1S/C8H16Cl2O/c1-6(2)5-11-7(9)8(3,4)10/h6-7H,5H2,1-4H3. The molecule has 3 heteroatoms. The van der Waals surface area contributed by atoms with Gasteiger partial charge < -0.3 is 4.74 Å². The van der Waals surface area contributed by atoms with E-state index >= 15 is 0 Å². The van der Waals surface area contributed by atoms with Crippen LogP contribution in [0, 0.1) is 5.92 Å². The molecule has 0 amide bonds. The van der Waals surface area contributed by atoms with Crippen molar-refractivity contribution in [1.29, 1.82) is 0 Å². The summed E-state index contributed by atoms with van der Waals surface area (Å²) in [5, 5.41) is 0. The summed E-state index contributed by atoms with van der Waals surface area (Å²) in [5.74, 6) is 0.496. The van der Waals surface area contributed by atoms with Crippen molar-refractivity contribution in [3.05, 3.63) is 0 Å². The second-order valence-corrected chi connectivity index (χ2v) is 4.98. The molecular formula is C8H16Cl2O. The zero-order valence-electron chi connectivity index (χ0n) is 7.53. The van der Waals surface area contributed by atoms with Gasteiger partial charge in [-0.25, -0.2) is 0 Å². The van der Waals surface area contributed by atoms with E-state index in [1.807, 2.05) is 13.8 Å². The summed E-state index contributed by atoms with van der Waals surface area (Å²) in [7, 11) is 0. The van der Waals surface area contributed by atoms with E-state index in [0.717, 1.165) is 0 Å². The zero-order chi connectivity index (χ0) is 9.07. The summed E-state index contributed by atoms with van der Waals surface area (Å²) < 4.78 is 5.30. The molecule has 0 heterocycles. The van der Waals surface area contributed by atoms with E-state index in [9.17, 15) is 0 Å². The fourth-order valence-electron chi connectivity index (χ4n) is 0.475. The molecule has 0 aromatic carbocycles. The zero-order valence-corrected chi connectivity index (χ0v) is 9.04. The minimum atomic E-state index is -0.490. The van der Waals surface area contributed by atoms with Gasteiger partial charge >= 0.3 is 0 Å². The molecule has 0 N–H and O–H groups in total. The van der Waals surface area contributed by atoms with Crippen molar-refractivity contribution in [2.75, 3.05) is 6.61 Å². The van der Waals surface area contributed by atoms with Crippen LogP contribution in [0.15, 0.2) is 0 Å². The molecule has 0 aliphatic heterocycles. The Labute approximate surface area is 79.0 Å². The molecule has 0 aromatic heterocycles. The van der Waals surface area contributed by atoms with Crippen molar-refractivity contribution < 1.29 is 4.74 Å². The Kier molecular flexibility index (Phi) is 4.76. The molecular weight excluding hydrogens is 183 g/mol. The van der Waals surface area contributed by atoms with Crippen molar-refractivity contribution >= 4 is 23.2 Å². The maximum absolute atomic E-state index is 5.91. The van der Waals surface area contributed by atoms with Crippen molar-refractivity contribution in [3.8, 4) is 0 Å². The molecule has 0 spiro atoms. The van der Waals surface area contributed by atoms with Gasteiger partial charge in [-0.2, -0.15) is 0 Å². The molecule has 11 heavy (non-hydrogen) atoms. The quantitative estimate of drug-likeness (QED) is 0.631. The third kappa shape index (κ3) is 5.77. The monoisotopic (exact) mass is 198 g/mol. The lowest BCUT2D eigenvalue weighted by Crippen LogP contribution is -2.29. The minimum absolute atomic E-state index is 0.411. The van der Waals surface area contributed by atoms with Gasteiger partial charge in [-0.1, -0.05) is 25.4 Å². The normalized spacial score (nSPS) is 15.5. The molecule has 0 saturated heterocycles. The average molecular weight is 199 g/mol. The summed E-state index contributed by atoms with van der Waals surface area (Å²) >= 11 is 11.8. The first-order valence-electron chi connectivity index (χ1n) is 3.78. The molecule has 1 nitrogen and oxygen atoms in total. The largest absolute Gasteiger partial charge is 0.360 e. The highest BCUT2D eigenvalue weighted by molar-refractivity contribution is 6.31. The first-order chi connectivity index (χ1) is 4.84. The highest BCUT2D eigenvalue weighted by Crippen LogP contribution is 2.24. The predicted molar refractivity (Wildman–Crippen MR) is 50.4 cm³/mol. The summed E-state index contributed by atoms with van der Waals surface area (Å²) in [6.07, 6.45) is 0. The third-order valence-corrected chi connectivity index (χ3v) is 2.10. The Bertz CT molecular complexity index is 107. The Morgan fingerprint density at radius 3 is 2.09 bits per heavy atom. The molecule has 0 aliphatic carbocycles. The van der Waals surface area contributed by atoms with Crippen LogP contribution in [0.1, 0.15) is 27.7 Å². The Morgan fingerprint density at radius 1 is 1.36 bits per heavy atom. The summed E-state index contributed by atoms with van der Waals surface area (Å²) in [5.41, 5.74) is -0.411. The van der Waals surface area contributed by atoms with Gasteiger partial charge in [0.2, 0.25) is 0 Å². The molecule has 1 unspecified atom stereocenters. The first kappa shape index (κ1) is 11.5. The SMILES string of the molecule is CC(C)COC(Cl)C(C)(C)Cl.